The maximum Gasteiger partial charge on any atom is 0.255 e. The van der Waals surface area contributed by atoms with E-state index >= 15 is 0 Å². The monoisotopic (exact) mass is 432 g/mol. The Morgan fingerprint density at radius 2 is 1.75 bits per heavy atom. The number of fused-ring (bicyclic) bond motifs is 2. The van der Waals surface area contributed by atoms with E-state index in [1.807, 2.05) is 43.4 Å². The van der Waals surface area contributed by atoms with Gasteiger partial charge in [0.2, 0.25) is 5.91 Å². The molecule has 1 N–H and O–H groups in total. The summed E-state index contributed by atoms with van der Waals surface area (Å²) in [6.07, 6.45) is 2.98. The number of hydrogen-bond donors (Lipinski definition) is 1. The third kappa shape index (κ3) is 4.15. The molecule has 0 bridgehead atoms. The van der Waals surface area contributed by atoms with Crippen LogP contribution in [0.2, 0.25) is 0 Å². The van der Waals surface area contributed by atoms with E-state index in [1.165, 1.54) is 0 Å². The molecule has 0 fully saturated rings. The molecule has 3 aromatic rings. The van der Waals surface area contributed by atoms with Gasteiger partial charge in [-0.3, -0.25) is 9.59 Å². The molecule has 1 aliphatic heterocycles. The van der Waals surface area contributed by atoms with Crippen molar-refractivity contribution < 1.29 is 9.59 Å². The third-order valence-electron chi connectivity index (χ3n) is 6.46. The highest BCUT2D eigenvalue weighted by Crippen LogP contribution is 2.41. The predicted molar refractivity (Wildman–Crippen MR) is 128 cm³/mol. The van der Waals surface area contributed by atoms with Crippen molar-refractivity contribution >= 4 is 22.7 Å². The average molecular weight is 433 g/mol. The molecule has 168 valence electrons. The second-order valence-corrected chi connectivity index (χ2v) is 8.37. The number of nitrogens with one attached hydrogen (secondary N) is 1. The van der Waals surface area contributed by atoms with Crippen molar-refractivity contribution in [2.24, 2.45) is 7.05 Å². The molecule has 1 aromatic heterocycles. The van der Waals surface area contributed by atoms with Crippen molar-refractivity contribution in [3.63, 3.8) is 0 Å². The number of hydrogen-bond acceptors (Lipinski definition) is 3. The number of para-hydroxylation sites is 1. The molecular formula is C26H32N4O2. The lowest BCUT2D eigenvalue weighted by molar-refractivity contribution is -0.122. The summed E-state index contributed by atoms with van der Waals surface area (Å²) in [7, 11) is 2.02. The molecule has 0 radical (unpaired) electrons. The summed E-state index contributed by atoms with van der Waals surface area (Å²) in [4.78, 5) is 30.1. The van der Waals surface area contributed by atoms with E-state index in [0.29, 0.717) is 12.1 Å². The van der Waals surface area contributed by atoms with Crippen molar-refractivity contribution in [3.8, 4) is 0 Å². The molecule has 1 atom stereocenters. The first-order valence-electron chi connectivity index (χ1n) is 11.5. The highest BCUT2D eigenvalue weighted by molar-refractivity contribution is 6.02. The van der Waals surface area contributed by atoms with Crippen molar-refractivity contribution in [2.45, 2.75) is 26.3 Å². The minimum Gasteiger partial charge on any atom is -0.355 e. The molecule has 0 saturated heterocycles. The van der Waals surface area contributed by atoms with E-state index in [1.54, 1.807) is 4.90 Å². The fourth-order valence-electron chi connectivity index (χ4n) is 4.74. The largest absolute Gasteiger partial charge is 0.355 e. The number of carbonyl (C=O) groups excluding carboxylic acids is 2. The van der Waals surface area contributed by atoms with Crippen LogP contribution in [0.15, 0.2) is 54.7 Å². The Hall–Kier alpha value is -3.12. The molecule has 0 spiro atoms. The van der Waals surface area contributed by atoms with Crippen LogP contribution in [-0.2, 0) is 11.8 Å². The first-order valence-corrected chi connectivity index (χ1v) is 11.5. The lowest BCUT2D eigenvalue weighted by Crippen LogP contribution is -2.40. The number of nitrogens with zero attached hydrogens (tertiary/aromatic N) is 3. The van der Waals surface area contributed by atoms with Crippen LogP contribution >= 0.6 is 0 Å². The Balaban J connectivity index is 1.56. The van der Waals surface area contributed by atoms with Crippen molar-refractivity contribution in [3.05, 3.63) is 71.4 Å². The highest BCUT2D eigenvalue weighted by Gasteiger charge is 2.39. The van der Waals surface area contributed by atoms with Crippen molar-refractivity contribution in [1.82, 2.24) is 19.7 Å². The summed E-state index contributed by atoms with van der Waals surface area (Å²) in [5.41, 5.74) is 3.80. The summed E-state index contributed by atoms with van der Waals surface area (Å²) in [6, 6.07) is 15.6. The summed E-state index contributed by atoms with van der Waals surface area (Å²) in [6.45, 7) is 7.93. The van der Waals surface area contributed by atoms with E-state index in [4.69, 9.17) is 0 Å². The van der Waals surface area contributed by atoms with Crippen LogP contribution in [0, 0.1) is 0 Å². The zero-order valence-corrected chi connectivity index (χ0v) is 19.2. The number of carbonyl (C=O) groups is 2. The number of rotatable bonds is 9. The first kappa shape index (κ1) is 22.1. The average Bonchev–Trinajstić information content (AvgIpc) is 3.28. The Bertz CT molecular complexity index is 1120. The smallest absolute Gasteiger partial charge is 0.255 e. The summed E-state index contributed by atoms with van der Waals surface area (Å²) in [5, 5.41) is 4.12. The van der Waals surface area contributed by atoms with Crippen LogP contribution < -0.4 is 5.32 Å². The first-order chi connectivity index (χ1) is 15.5. The van der Waals surface area contributed by atoms with Gasteiger partial charge in [-0.2, -0.15) is 0 Å². The zero-order valence-electron chi connectivity index (χ0n) is 19.2. The lowest BCUT2D eigenvalue weighted by Gasteiger charge is -2.25. The minimum atomic E-state index is -0.272. The molecular weight excluding hydrogens is 400 g/mol. The van der Waals surface area contributed by atoms with Crippen molar-refractivity contribution in [1.29, 1.82) is 0 Å². The third-order valence-corrected chi connectivity index (χ3v) is 6.46. The Labute approximate surface area is 189 Å². The van der Waals surface area contributed by atoms with E-state index < -0.39 is 0 Å². The van der Waals surface area contributed by atoms with E-state index in [0.717, 1.165) is 48.1 Å². The second-order valence-electron chi connectivity index (χ2n) is 8.37. The van der Waals surface area contributed by atoms with E-state index in [-0.39, 0.29) is 24.4 Å². The van der Waals surface area contributed by atoms with Gasteiger partial charge in [-0.25, -0.2) is 0 Å². The topological polar surface area (TPSA) is 57.6 Å². The molecule has 6 heteroatoms. The maximum absolute atomic E-state index is 13.3. The van der Waals surface area contributed by atoms with Crippen LogP contribution in [0.5, 0.6) is 0 Å². The van der Waals surface area contributed by atoms with E-state index in [2.05, 4.69) is 47.0 Å². The van der Waals surface area contributed by atoms with Gasteiger partial charge in [0.25, 0.3) is 5.91 Å². The molecule has 0 unspecified atom stereocenters. The quantitative estimate of drug-likeness (QED) is 0.526. The Morgan fingerprint density at radius 1 is 1.03 bits per heavy atom. The summed E-state index contributed by atoms with van der Waals surface area (Å²) >= 11 is 0. The molecule has 0 aliphatic carbocycles. The fraction of sp³-hybridized carbons (Fsp3) is 0.385. The van der Waals surface area contributed by atoms with Crippen LogP contribution in [0.4, 0.5) is 0 Å². The zero-order chi connectivity index (χ0) is 22.7. The van der Waals surface area contributed by atoms with Gasteiger partial charge in [0.05, 0.1) is 6.04 Å². The molecule has 2 amide bonds. The van der Waals surface area contributed by atoms with Gasteiger partial charge in [-0.05, 0) is 43.8 Å². The molecule has 2 aromatic carbocycles. The lowest BCUT2D eigenvalue weighted by atomic mass is 9.97. The molecule has 4 rings (SSSR count). The minimum absolute atomic E-state index is 0.0483. The predicted octanol–water partition coefficient (Wildman–Crippen LogP) is 3.57. The summed E-state index contributed by atoms with van der Waals surface area (Å²) < 4.78 is 2.08. The van der Waals surface area contributed by atoms with Gasteiger partial charge >= 0.3 is 0 Å². The molecule has 0 saturated carbocycles. The van der Waals surface area contributed by atoms with Crippen LogP contribution in [0.1, 0.15) is 47.8 Å². The Morgan fingerprint density at radius 3 is 2.53 bits per heavy atom. The number of aromatic nitrogens is 1. The van der Waals surface area contributed by atoms with Crippen LogP contribution in [0.25, 0.3) is 10.9 Å². The summed E-state index contributed by atoms with van der Waals surface area (Å²) in [5.74, 6) is -0.201. The van der Waals surface area contributed by atoms with Crippen LogP contribution in [0.3, 0.4) is 0 Å². The number of benzene rings is 2. The van der Waals surface area contributed by atoms with Gasteiger partial charge in [0.15, 0.2) is 0 Å². The fourth-order valence-corrected chi connectivity index (χ4v) is 4.74. The standard InChI is InChI=1S/C26H32N4O2/c1-4-29(5-2)16-10-15-27-24(31)18-30-25(20-12-6-7-13-21(20)26(30)32)22-17-28(3)23-14-9-8-11-19(22)23/h6-9,11-14,17,25H,4-5,10,15-16,18H2,1-3H3,(H,27,31)/t25-/m0/s1. The number of amides is 2. The van der Waals surface area contributed by atoms with Gasteiger partial charge in [0, 0.05) is 41.8 Å². The van der Waals surface area contributed by atoms with Crippen molar-refractivity contribution in [2.75, 3.05) is 32.7 Å². The molecule has 32 heavy (non-hydrogen) atoms. The maximum atomic E-state index is 13.3. The Kier molecular flexibility index (Phi) is 6.61. The van der Waals surface area contributed by atoms with Crippen LogP contribution in [-0.4, -0.2) is 58.9 Å². The SMILES string of the molecule is CCN(CC)CCCNC(=O)CN1C(=O)c2ccccc2[C@H]1c1cn(C)c2ccccc12. The van der Waals surface area contributed by atoms with E-state index in [9.17, 15) is 9.59 Å². The van der Waals surface area contributed by atoms with Gasteiger partial charge < -0.3 is 19.7 Å². The normalized spacial score (nSPS) is 15.6. The number of aryl methyl sites for hydroxylation is 1. The second kappa shape index (κ2) is 9.57. The van der Waals surface area contributed by atoms with Gasteiger partial charge in [0.1, 0.15) is 6.54 Å². The highest BCUT2D eigenvalue weighted by atomic mass is 16.2. The molecule has 1 aliphatic rings. The molecule has 2 heterocycles. The molecule has 6 nitrogen and oxygen atoms in total. The van der Waals surface area contributed by atoms with Gasteiger partial charge in [-0.1, -0.05) is 50.2 Å². The van der Waals surface area contributed by atoms with Gasteiger partial charge in [-0.15, -0.1) is 0 Å².